The van der Waals surface area contributed by atoms with Crippen LogP contribution in [0.5, 0.6) is 0 Å². The van der Waals surface area contributed by atoms with Crippen molar-refractivity contribution in [2.45, 2.75) is 45.5 Å². The van der Waals surface area contributed by atoms with Crippen molar-refractivity contribution in [3.8, 4) is 11.3 Å². The topological polar surface area (TPSA) is 349 Å². The van der Waals surface area contributed by atoms with Crippen LogP contribution >= 0.6 is 0 Å². The van der Waals surface area contributed by atoms with E-state index in [-0.39, 0.29) is 28.4 Å². The first-order valence-corrected chi connectivity index (χ1v) is 46.6. The van der Waals surface area contributed by atoms with Crippen LogP contribution in [-0.4, -0.2) is 190 Å². The fourth-order valence-corrected chi connectivity index (χ4v) is 18.4. The Bertz CT molecular complexity index is 8390. The second-order valence-electron chi connectivity index (χ2n) is 34.2. The van der Waals surface area contributed by atoms with Crippen molar-refractivity contribution >= 4 is 176 Å². The lowest BCUT2D eigenvalue weighted by Gasteiger charge is -2.31. The van der Waals surface area contributed by atoms with E-state index in [0.717, 1.165) is 219 Å². The van der Waals surface area contributed by atoms with Crippen LogP contribution in [0.3, 0.4) is 0 Å². The van der Waals surface area contributed by atoms with E-state index in [1.807, 2.05) is 128 Å². The van der Waals surface area contributed by atoms with E-state index in [1.54, 1.807) is 80.9 Å². The molecule has 7 aromatic carbocycles. The molecule has 2 fully saturated rings. The Hall–Kier alpha value is -17.0. The fraction of sp³-hybridized carbons (Fsp3) is 0.162. The van der Waals surface area contributed by atoms with Gasteiger partial charge in [0.2, 0.25) is 0 Å². The molecule has 2 saturated heterocycles. The highest BCUT2D eigenvalue weighted by Crippen LogP contribution is 2.40. The molecule has 702 valence electrons. The number of benzene rings is 7. The number of aromatic amines is 5. The molecule has 0 bridgehead atoms. The quantitative estimate of drug-likeness (QED) is 0.0329. The van der Waals surface area contributed by atoms with Crippen molar-refractivity contribution in [3.05, 3.63) is 338 Å². The molecule has 0 spiro atoms. The summed E-state index contributed by atoms with van der Waals surface area (Å²) in [6, 6.07) is 64.0. The molecule has 8 N–H and O–H groups in total. The molecule has 0 radical (unpaired) electrons. The second-order valence-corrected chi connectivity index (χ2v) is 36.5. The molecule has 2 aliphatic rings. The van der Waals surface area contributed by atoms with Crippen LogP contribution in [-0.2, 0) is 27.4 Å². The lowest BCUT2D eigenvalue weighted by molar-refractivity contribution is 0.0309. The summed E-state index contributed by atoms with van der Waals surface area (Å²) in [5.41, 5.74) is 20.6. The average Bonchev–Trinajstić information content (AvgIpc) is 0.847. The normalized spacial score (nSPS) is 13.2. The highest BCUT2D eigenvalue weighted by molar-refractivity contribution is 7.91. The van der Waals surface area contributed by atoms with E-state index in [4.69, 9.17) is 4.74 Å². The molecule has 16 heterocycles. The minimum atomic E-state index is -3.14. The Kier molecular flexibility index (Phi) is 25.9. The Morgan fingerprint density at radius 1 is 0.450 bits per heavy atom. The van der Waals surface area contributed by atoms with Crippen LogP contribution in [0.25, 0.3) is 137 Å². The van der Waals surface area contributed by atoms with Gasteiger partial charge in [0.1, 0.15) is 56.1 Å². The van der Waals surface area contributed by atoms with Gasteiger partial charge in [-0.25, -0.2) is 39.7 Å². The smallest absolute Gasteiger partial charge is 0.272 e. The van der Waals surface area contributed by atoms with Gasteiger partial charge in [0.15, 0.2) is 27.3 Å². The molecule has 0 unspecified atom stereocenters. The Balaban J connectivity index is 0.000000112. The monoisotopic (exact) mass is 1900 g/mol. The number of nitrogens with zero attached hydrogens (tertiary/aromatic N) is 17. The molecule has 0 atom stereocenters. The predicted molar refractivity (Wildman–Crippen MR) is 540 cm³/mol. The molecule has 14 aromatic heterocycles. The summed E-state index contributed by atoms with van der Waals surface area (Å²) in [7, 11) is -1.31. The van der Waals surface area contributed by atoms with E-state index in [9.17, 15) is 34.8 Å². The Morgan fingerprint density at radius 2 is 0.900 bits per heavy atom. The van der Waals surface area contributed by atoms with E-state index in [2.05, 4.69) is 196 Å². The van der Waals surface area contributed by atoms with Crippen LogP contribution in [0.15, 0.2) is 282 Å². The van der Waals surface area contributed by atoms with E-state index >= 15 is 0 Å². The van der Waals surface area contributed by atoms with E-state index in [0.29, 0.717) is 54.2 Å². The number of H-pyrrole nitrogens is 5. The van der Waals surface area contributed by atoms with Gasteiger partial charge >= 0.3 is 0 Å². The first-order chi connectivity index (χ1) is 67.7. The maximum atomic E-state index is 14.6. The third-order valence-corrected chi connectivity index (χ3v) is 25.8. The van der Waals surface area contributed by atoms with Gasteiger partial charge < -0.3 is 35.4 Å². The van der Waals surface area contributed by atoms with Crippen LogP contribution < -0.4 is 20.9 Å². The highest BCUT2D eigenvalue weighted by atomic mass is 32.2. The lowest BCUT2D eigenvalue weighted by Crippen LogP contribution is -2.38. The summed E-state index contributed by atoms with van der Waals surface area (Å²) in [6.07, 6.45) is 17.1. The largest absolute Gasteiger partial charge is 0.378 e. The average molecular weight is 1900 g/mol. The third kappa shape index (κ3) is 20.3. The van der Waals surface area contributed by atoms with Gasteiger partial charge in [-0.2, -0.15) is 25.5 Å². The number of hydrogen-bond donors (Lipinski definition) is 8. The van der Waals surface area contributed by atoms with Crippen LogP contribution in [0.4, 0.5) is 66.7 Å². The number of aryl methyl sites for hydroxylation is 1. The highest BCUT2D eigenvalue weighted by Gasteiger charge is 2.31. The number of alkyl halides is 4. The number of halogens is 6. The number of rotatable bonds is 20. The summed E-state index contributed by atoms with van der Waals surface area (Å²) in [5.74, 6) is -3.94. The standard InChI is InChI=1S/C22H16FN5.C22H21N5O2S.C22H21N5O.C20H15F3N4.C19H18F2N6/c1-13-7-15(11-24-10-13)21-16-5-4-14(8-17(16)18(23)12-26-21)9-20-22-19(27-28-20)3-2-6-25-22;1-15(27-10-12-30(28,29)13-11-27)18-5-2-4-16-14-17(7-8-19(16)18)24-22-21-20(25-26-22)6-3-9-23-21;1-15(27-10-12-28-13-11-27)18-5-2-4-16-14-17(7-8-19(16)18)24-22-21-20(25-26-22)6-3-9-23-21;1-11(20(2,22)23)18-13-6-5-12(8-14(13)15(21)10-25-18)9-17-19-16(26-27-17)4-3-7-24-19;1-19(20,21)11-27(2)18-14-6-5-13(10-12(14)7-9-23-18)24-17-16-15(25-26-17)4-3-8-22-16/h2-8,10-12H,9H2,1H3,(H,27,28);2-9,14H,1,10-13H2,(H2,24,25,26);2-9,14H,1,10-13H2,(H2,24,25,26);3-8,10H,1,9H2,2H3,(H,26,27);3-10H,11H2,1-2H3,(H2,24,25,26). The number of morpholine rings is 1. The van der Waals surface area contributed by atoms with Gasteiger partial charge in [0.25, 0.3) is 11.8 Å². The molecule has 23 rings (SSSR count). The molecule has 140 heavy (non-hydrogen) atoms. The summed E-state index contributed by atoms with van der Waals surface area (Å²) in [6.45, 7) is 19.5. The fourth-order valence-electron chi connectivity index (χ4n) is 17.2. The van der Waals surface area contributed by atoms with Gasteiger partial charge in [0.05, 0.1) is 83.0 Å². The number of allylic oxidation sites excluding steroid dienone is 1. The molecule has 0 aliphatic carbocycles. The van der Waals surface area contributed by atoms with Crippen LogP contribution in [0.1, 0.15) is 58.7 Å². The molecule has 0 amide bonds. The number of fused-ring (bicyclic) bond motifs is 10. The lowest BCUT2D eigenvalue weighted by atomic mass is 9.98. The van der Waals surface area contributed by atoms with Gasteiger partial charge in [0, 0.05) is 187 Å². The summed E-state index contributed by atoms with van der Waals surface area (Å²) < 4.78 is 112. The zero-order chi connectivity index (χ0) is 96.9. The summed E-state index contributed by atoms with van der Waals surface area (Å²) >= 11 is 0. The SMILES string of the molecule is C=C(c1cccc2cc(Nc3n[nH]c4cccnc34)ccc12)N1CCOCC1.C=C(c1cccc2cc(Nc3n[nH]c4cccnc34)ccc12)N1CCS(=O)(=O)CC1.C=C(c1ncc(F)c2cc(Cc3[nH]nc4cccnc34)ccc12)C(C)(F)F.CN(CC(C)(F)F)c1nccc2cc(Nc3n[nH]c4cccnc34)ccc12.Cc1cncc(-c2ncc(F)c3cc(Cc4[nH]nc5cccnc45)ccc23)c1. The first kappa shape index (κ1) is 92.1. The molecule has 35 heteroatoms. The van der Waals surface area contributed by atoms with Crippen molar-refractivity contribution in [2.75, 3.05) is 85.3 Å². The molecule has 2 aliphatic heterocycles. The van der Waals surface area contributed by atoms with Gasteiger partial charge in [-0.15, -0.1) is 0 Å². The zero-order valence-electron chi connectivity index (χ0n) is 76.2. The number of pyridine rings is 9. The first-order valence-electron chi connectivity index (χ1n) is 44.8. The minimum absolute atomic E-state index is 0.000827. The molecule has 0 saturated carbocycles. The number of anilines is 7. The van der Waals surface area contributed by atoms with E-state index < -0.39 is 39.6 Å². The molecule has 28 nitrogen and oxygen atoms in total. The van der Waals surface area contributed by atoms with Gasteiger partial charge in [-0.1, -0.05) is 92.5 Å². The summed E-state index contributed by atoms with van der Waals surface area (Å²) in [4.78, 5) is 44.3. The number of ether oxygens (including phenoxy) is 1. The number of sulfone groups is 1. The van der Waals surface area contributed by atoms with Crippen molar-refractivity contribution in [1.82, 2.24) is 106 Å². The summed E-state index contributed by atoms with van der Waals surface area (Å²) in [5, 5.41) is 54.3. The maximum absolute atomic E-state index is 14.6. The van der Waals surface area contributed by atoms with Crippen molar-refractivity contribution in [3.63, 3.8) is 0 Å². The number of hydrogen-bond acceptors (Lipinski definition) is 23. The Labute approximate surface area is 797 Å². The van der Waals surface area contributed by atoms with Crippen molar-refractivity contribution < 1.29 is 39.5 Å². The van der Waals surface area contributed by atoms with Crippen LogP contribution in [0.2, 0.25) is 0 Å². The Morgan fingerprint density at radius 3 is 1.39 bits per heavy atom. The molecule has 21 aromatic rings. The third-order valence-electron chi connectivity index (χ3n) is 24.2. The van der Waals surface area contributed by atoms with E-state index in [1.165, 1.54) is 16.5 Å². The zero-order valence-corrected chi connectivity index (χ0v) is 77.0. The second kappa shape index (κ2) is 39.4. The number of aromatic nitrogens is 19. The molecular weight excluding hydrogens is 1810 g/mol. The van der Waals surface area contributed by atoms with Crippen molar-refractivity contribution in [2.24, 2.45) is 0 Å². The number of nitrogens with one attached hydrogen (secondary N) is 8. The van der Waals surface area contributed by atoms with Gasteiger partial charge in [-0.05, 0) is 178 Å². The minimum Gasteiger partial charge on any atom is -0.378 e. The van der Waals surface area contributed by atoms with Crippen molar-refractivity contribution in [1.29, 1.82) is 0 Å². The maximum Gasteiger partial charge on any atom is 0.272 e. The van der Waals surface area contributed by atoms with Gasteiger partial charge in [-0.3, -0.25) is 65.4 Å². The predicted octanol–water partition coefficient (Wildman–Crippen LogP) is 21.6. The molecular formula is C105H91F6N25O3S. The van der Waals surface area contributed by atoms with Crippen LogP contribution in [0, 0.1) is 18.6 Å².